The van der Waals surface area contributed by atoms with Crippen molar-refractivity contribution in [3.63, 3.8) is 0 Å². The zero-order chi connectivity index (χ0) is 15.4. The van der Waals surface area contributed by atoms with Crippen LogP contribution in [0.5, 0.6) is 0 Å². The molecular formula is C17H25N5. The summed E-state index contributed by atoms with van der Waals surface area (Å²) in [6.45, 7) is 4.91. The minimum absolute atomic E-state index is 0.398. The highest BCUT2D eigenvalue weighted by Crippen LogP contribution is 2.28. The van der Waals surface area contributed by atoms with Gasteiger partial charge in [-0.1, -0.05) is 6.92 Å². The lowest BCUT2D eigenvalue weighted by Crippen LogP contribution is -2.44. The Hall–Kier alpha value is -1.67. The molecule has 1 aromatic rings. The molecule has 1 saturated heterocycles. The van der Waals surface area contributed by atoms with E-state index in [1.807, 2.05) is 0 Å². The van der Waals surface area contributed by atoms with Gasteiger partial charge >= 0.3 is 0 Å². The fourth-order valence-electron chi connectivity index (χ4n) is 3.70. The van der Waals surface area contributed by atoms with Crippen molar-refractivity contribution < 1.29 is 0 Å². The number of piperidine rings is 1. The van der Waals surface area contributed by atoms with Gasteiger partial charge in [-0.25, -0.2) is 9.97 Å². The molecule has 0 amide bonds. The summed E-state index contributed by atoms with van der Waals surface area (Å²) >= 11 is 0. The number of aromatic nitrogens is 2. The number of hydrogen-bond donors (Lipinski definition) is 1. The molecule has 2 aliphatic rings. The van der Waals surface area contributed by atoms with Gasteiger partial charge < -0.3 is 10.2 Å². The van der Waals surface area contributed by atoms with Crippen LogP contribution in [0, 0.1) is 17.2 Å². The number of likely N-dealkylation sites (tertiary alicyclic amines) is 1. The first kappa shape index (κ1) is 15.2. The summed E-state index contributed by atoms with van der Waals surface area (Å²) in [5, 5.41) is 12.5. The zero-order valence-electron chi connectivity index (χ0n) is 13.3. The van der Waals surface area contributed by atoms with Crippen molar-refractivity contribution in [2.45, 2.75) is 57.5 Å². The first-order chi connectivity index (χ1) is 10.8. The third kappa shape index (κ3) is 3.56. The normalized spacial score (nSPS) is 27.3. The largest absolute Gasteiger partial charge is 0.365 e. The average molecular weight is 299 g/mol. The maximum atomic E-state index is 9.08. The quantitative estimate of drug-likeness (QED) is 0.929. The molecule has 1 aliphatic heterocycles. The molecule has 0 bridgehead atoms. The minimum atomic E-state index is 0.398. The van der Waals surface area contributed by atoms with E-state index in [0.717, 1.165) is 24.8 Å². The molecule has 1 aliphatic carbocycles. The van der Waals surface area contributed by atoms with Gasteiger partial charge in [-0.3, -0.25) is 0 Å². The first-order valence-corrected chi connectivity index (χ1v) is 8.48. The van der Waals surface area contributed by atoms with Crippen LogP contribution >= 0.6 is 0 Å². The Labute approximate surface area is 132 Å². The molecule has 118 valence electrons. The summed E-state index contributed by atoms with van der Waals surface area (Å²) in [7, 11) is 0. The van der Waals surface area contributed by atoms with Crippen LogP contribution < -0.4 is 5.32 Å². The van der Waals surface area contributed by atoms with Gasteiger partial charge in [0.1, 0.15) is 6.07 Å². The summed E-state index contributed by atoms with van der Waals surface area (Å²) in [6.07, 6.45) is 10.7. The number of nitriles is 1. The van der Waals surface area contributed by atoms with E-state index in [-0.39, 0.29) is 0 Å². The SMILES string of the molecule is CC1CCN(C2CCC(Nc3nccnc3C#N)CC2)CC1. The molecule has 0 spiro atoms. The van der Waals surface area contributed by atoms with Gasteiger partial charge in [0.2, 0.25) is 0 Å². The lowest BCUT2D eigenvalue weighted by Gasteiger charge is -2.40. The highest BCUT2D eigenvalue weighted by atomic mass is 15.2. The fourth-order valence-corrected chi connectivity index (χ4v) is 3.70. The fraction of sp³-hybridized carbons (Fsp3) is 0.706. The van der Waals surface area contributed by atoms with Crippen molar-refractivity contribution in [2.24, 2.45) is 5.92 Å². The second-order valence-electron chi connectivity index (χ2n) is 6.73. The van der Waals surface area contributed by atoms with Gasteiger partial charge in [0.25, 0.3) is 0 Å². The Morgan fingerprint density at radius 1 is 1.09 bits per heavy atom. The molecule has 1 aromatic heterocycles. The van der Waals surface area contributed by atoms with Crippen LogP contribution in [0.15, 0.2) is 12.4 Å². The topological polar surface area (TPSA) is 64.8 Å². The molecule has 0 unspecified atom stereocenters. The van der Waals surface area contributed by atoms with Crippen LogP contribution in [0.4, 0.5) is 5.82 Å². The monoisotopic (exact) mass is 299 g/mol. The van der Waals surface area contributed by atoms with E-state index < -0.39 is 0 Å². The van der Waals surface area contributed by atoms with E-state index >= 15 is 0 Å². The molecule has 1 saturated carbocycles. The lowest BCUT2D eigenvalue weighted by molar-refractivity contribution is 0.108. The number of nitrogens with one attached hydrogen (secondary N) is 1. The molecule has 2 fully saturated rings. The summed E-state index contributed by atoms with van der Waals surface area (Å²) in [4.78, 5) is 11.0. The lowest BCUT2D eigenvalue weighted by atomic mass is 9.88. The Kier molecular flexibility index (Phi) is 4.89. The van der Waals surface area contributed by atoms with Gasteiger partial charge in [0.05, 0.1) is 0 Å². The average Bonchev–Trinajstić information content (AvgIpc) is 2.57. The molecule has 3 rings (SSSR count). The van der Waals surface area contributed by atoms with Crippen molar-refractivity contribution in [1.82, 2.24) is 14.9 Å². The summed E-state index contributed by atoms with van der Waals surface area (Å²) in [6, 6.07) is 3.28. The van der Waals surface area contributed by atoms with Crippen LogP contribution in [0.3, 0.4) is 0 Å². The Balaban J connectivity index is 1.51. The summed E-state index contributed by atoms with van der Waals surface area (Å²) < 4.78 is 0. The smallest absolute Gasteiger partial charge is 0.182 e. The zero-order valence-corrected chi connectivity index (χ0v) is 13.3. The highest BCUT2D eigenvalue weighted by molar-refractivity contribution is 5.47. The molecule has 5 nitrogen and oxygen atoms in total. The van der Waals surface area contributed by atoms with E-state index in [1.54, 1.807) is 12.4 Å². The minimum Gasteiger partial charge on any atom is -0.365 e. The second-order valence-corrected chi connectivity index (χ2v) is 6.73. The molecule has 2 heterocycles. The maximum Gasteiger partial charge on any atom is 0.182 e. The van der Waals surface area contributed by atoms with E-state index in [4.69, 9.17) is 5.26 Å². The van der Waals surface area contributed by atoms with Crippen LogP contribution in [0.2, 0.25) is 0 Å². The van der Waals surface area contributed by atoms with E-state index in [0.29, 0.717) is 17.6 Å². The Bertz CT molecular complexity index is 522. The first-order valence-electron chi connectivity index (χ1n) is 8.48. The standard InChI is InChI=1S/C17H25N5/c1-13-6-10-22(11-7-13)15-4-2-14(3-5-15)21-17-16(12-18)19-8-9-20-17/h8-9,13-15H,2-7,10-11H2,1H3,(H,20,21). The van der Waals surface area contributed by atoms with E-state index in [1.165, 1.54) is 38.8 Å². The van der Waals surface area contributed by atoms with Crippen LogP contribution in [0.25, 0.3) is 0 Å². The molecular weight excluding hydrogens is 274 g/mol. The molecule has 0 atom stereocenters. The third-order valence-electron chi connectivity index (χ3n) is 5.18. The van der Waals surface area contributed by atoms with Crippen LogP contribution in [-0.4, -0.2) is 40.0 Å². The van der Waals surface area contributed by atoms with Gasteiger partial charge in [-0.15, -0.1) is 0 Å². The van der Waals surface area contributed by atoms with Crippen LogP contribution in [-0.2, 0) is 0 Å². The van der Waals surface area contributed by atoms with Crippen LogP contribution in [0.1, 0.15) is 51.1 Å². The molecule has 22 heavy (non-hydrogen) atoms. The molecule has 0 aromatic carbocycles. The summed E-state index contributed by atoms with van der Waals surface area (Å²) in [5.41, 5.74) is 0.398. The predicted octanol–water partition coefficient (Wildman–Crippen LogP) is 2.80. The van der Waals surface area contributed by atoms with E-state index in [2.05, 4.69) is 33.2 Å². The van der Waals surface area contributed by atoms with Gasteiger partial charge in [-0.2, -0.15) is 5.26 Å². The van der Waals surface area contributed by atoms with Crippen molar-refractivity contribution in [3.8, 4) is 6.07 Å². The van der Waals surface area contributed by atoms with Crippen molar-refractivity contribution in [1.29, 1.82) is 5.26 Å². The summed E-state index contributed by atoms with van der Waals surface area (Å²) in [5.74, 6) is 1.54. The second kappa shape index (κ2) is 7.06. The van der Waals surface area contributed by atoms with E-state index in [9.17, 15) is 0 Å². The van der Waals surface area contributed by atoms with Gasteiger partial charge in [0.15, 0.2) is 11.5 Å². The Morgan fingerprint density at radius 3 is 2.45 bits per heavy atom. The van der Waals surface area contributed by atoms with Crippen molar-refractivity contribution in [2.75, 3.05) is 18.4 Å². The predicted molar refractivity (Wildman–Crippen MR) is 86.4 cm³/mol. The number of rotatable bonds is 3. The van der Waals surface area contributed by atoms with Crippen molar-refractivity contribution >= 4 is 5.82 Å². The maximum absolute atomic E-state index is 9.08. The molecule has 5 heteroatoms. The number of nitrogens with zero attached hydrogens (tertiary/aromatic N) is 4. The third-order valence-corrected chi connectivity index (χ3v) is 5.18. The van der Waals surface area contributed by atoms with Gasteiger partial charge in [-0.05, 0) is 57.5 Å². The highest BCUT2D eigenvalue weighted by Gasteiger charge is 2.28. The molecule has 1 N–H and O–H groups in total. The van der Waals surface area contributed by atoms with Crippen molar-refractivity contribution in [3.05, 3.63) is 18.1 Å². The number of hydrogen-bond acceptors (Lipinski definition) is 5. The molecule has 0 radical (unpaired) electrons. The number of anilines is 1. The van der Waals surface area contributed by atoms with Gasteiger partial charge in [0, 0.05) is 24.5 Å². The Morgan fingerprint density at radius 2 is 1.77 bits per heavy atom.